The van der Waals surface area contributed by atoms with Gasteiger partial charge in [0.05, 0.1) is 6.20 Å². The Kier molecular flexibility index (Phi) is 4.66. The van der Waals surface area contributed by atoms with Gasteiger partial charge in [0, 0.05) is 22.3 Å². The highest BCUT2D eigenvalue weighted by molar-refractivity contribution is 6.30. The van der Waals surface area contributed by atoms with Gasteiger partial charge in [0.1, 0.15) is 11.4 Å². The summed E-state index contributed by atoms with van der Waals surface area (Å²) in [5.41, 5.74) is 6.42. The van der Waals surface area contributed by atoms with E-state index in [2.05, 4.69) is 10.2 Å². The van der Waals surface area contributed by atoms with Crippen LogP contribution in [0.25, 0.3) is 11.1 Å². The third-order valence-corrected chi connectivity index (χ3v) is 4.34. The molecule has 0 saturated carbocycles. The van der Waals surface area contributed by atoms with Crippen molar-refractivity contribution in [1.82, 2.24) is 10.2 Å². The van der Waals surface area contributed by atoms with Crippen molar-refractivity contribution < 1.29 is 9.50 Å². The molecule has 0 aliphatic carbocycles. The Morgan fingerprint density at radius 1 is 1.17 bits per heavy atom. The molecule has 24 heavy (non-hydrogen) atoms. The molecule has 1 unspecified atom stereocenters. The highest BCUT2D eigenvalue weighted by Crippen LogP contribution is 2.35. The summed E-state index contributed by atoms with van der Waals surface area (Å²) in [5.74, 6) is -0.432. The molecule has 0 bridgehead atoms. The lowest BCUT2D eigenvalue weighted by Crippen LogP contribution is -2.30. The summed E-state index contributed by atoms with van der Waals surface area (Å²) in [4.78, 5) is 0. The molecule has 0 amide bonds. The van der Waals surface area contributed by atoms with Gasteiger partial charge in [0.25, 0.3) is 0 Å². The molecule has 3 rings (SSSR count). The molecular formula is C18H17ClFN3O. The second-order valence-corrected chi connectivity index (χ2v) is 6.02. The largest absolute Gasteiger partial charge is 0.380 e. The van der Waals surface area contributed by atoms with Crippen LogP contribution >= 0.6 is 11.6 Å². The zero-order chi connectivity index (χ0) is 17.2. The van der Waals surface area contributed by atoms with Crippen LogP contribution in [-0.4, -0.2) is 21.8 Å². The van der Waals surface area contributed by atoms with E-state index in [9.17, 15) is 9.50 Å². The maximum Gasteiger partial charge on any atom is 0.131 e. The molecule has 0 aliphatic heterocycles. The Hall–Kier alpha value is -2.21. The zero-order valence-corrected chi connectivity index (χ0v) is 13.6. The number of nitrogens with two attached hydrogens (primary N) is 1. The number of benzene rings is 2. The quantitative estimate of drug-likeness (QED) is 0.663. The first-order valence-corrected chi connectivity index (χ1v) is 7.90. The molecule has 6 heteroatoms. The van der Waals surface area contributed by atoms with Crippen molar-refractivity contribution in [3.63, 3.8) is 0 Å². The smallest absolute Gasteiger partial charge is 0.131 e. The van der Waals surface area contributed by atoms with E-state index >= 15 is 0 Å². The van der Waals surface area contributed by atoms with E-state index in [0.717, 1.165) is 0 Å². The molecule has 4 N–H and O–H groups in total. The summed E-state index contributed by atoms with van der Waals surface area (Å²) >= 11 is 5.91. The van der Waals surface area contributed by atoms with Gasteiger partial charge in [-0.15, -0.1) is 0 Å². The molecule has 0 spiro atoms. The zero-order valence-electron chi connectivity index (χ0n) is 12.8. The molecule has 0 radical (unpaired) electrons. The van der Waals surface area contributed by atoms with Gasteiger partial charge in [-0.1, -0.05) is 35.9 Å². The Balaban J connectivity index is 2.06. The van der Waals surface area contributed by atoms with Crippen LogP contribution in [0.1, 0.15) is 17.5 Å². The van der Waals surface area contributed by atoms with E-state index in [-0.39, 0.29) is 13.0 Å². The lowest BCUT2D eigenvalue weighted by molar-refractivity contribution is 0.0734. The third-order valence-electron chi connectivity index (χ3n) is 4.08. The Morgan fingerprint density at radius 3 is 2.46 bits per heavy atom. The monoisotopic (exact) mass is 345 g/mol. The molecule has 0 aliphatic rings. The molecule has 1 atom stereocenters. The molecule has 3 aromatic rings. The molecule has 4 nitrogen and oxygen atoms in total. The number of nitrogens with zero attached hydrogens (tertiary/aromatic N) is 1. The van der Waals surface area contributed by atoms with E-state index in [1.165, 1.54) is 6.07 Å². The third kappa shape index (κ3) is 3.06. The van der Waals surface area contributed by atoms with Gasteiger partial charge in [0.15, 0.2) is 0 Å². The summed E-state index contributed by atoms with van der Waals surface area (Å²) in [6.07, 6.45) is 3.42. The summed E-state index contributed by atoms with van der Waals surface area (Å²) in [5, 5.41) is 18.2. The SMILES string of the molecule is NCCC(O)(c1ccc(Cl)cc1)c1ccc(-c2cn[nH]c2)c(F)c1. The lowest BCUT2D eigenvalue weighted by Gasteiger charge is -2.29. The molecule has 2 aromatic carbocycles. The van der Waals surface area contributed by atoms with Gasteiger partial charge < -0.3 is 10.8 Å². The average molecular weight is 346 g/mol. The van der Waals surface area contributed by atoms with Crippen LogP contribution in [-0.2, 0) is 5.60 Å². The van der Waals surface area contributed by atoms with E-state index in [4.69, 9.17) is 17.3 Å². The van der Waals surface area contributed by atoms with Crippen LogP contribution in [0, 0.1) is 5.82 Å². The summed E-state index contributed by atoms with van der Waals surface area (Å²) in [6.45, 7) is 0.254. The molecule has 0 saturated heterocycles. The standard InChI is InChI=1S/C18H17ClFN3O/c19-15-4-1-13(2-5-15)18(24,7-8-21)14-3-6-16(17(20)9-14)12-10-22-23-11-12/h1-6,9-11,24H,7-8,21H2,(H,22,23). The Labute approximate surface area is 144 Å². The van der Waals surface area contributed by atoms with Crippen molar-refractivity contribution >= 4 is 11.6 Å². The lowest BCUT2D eigenvalue weighted by atomic mass is 9.83. The van der Waals surface area contributed by atoms with E-state index < -0.39 is 11.4 Å². The van der Waals surface area contributed by atoms with Crippen molar-refractivity contribution in [2.75, 3.05) is 6.54 Å². The molecule has 1 heterocycles. The van der Waals surface area contributed by atoms with E-state index in [1.54, 1.807) is 48.8 Å². The fourth-order valence-corrected chi connectivity index (χ4v) is 2.92. The molecular weight excluding hydrogens is 329 g/mol. The average Bonchev–Trinajstić information content (AvgIpc) is 3.09. The predicted molar refractivity (Wildman–Crippen MR) is 92.1 cm³/mol. The normalized spacial score (nSPS) is 13.7. The van der Waals surface area contributed by atoms with Crippen LogP contribution in [0.2, 0.25) is 5.02 Å². The highest BCUT2D eigenvalue weighted by atomic mass is 35.5. The minimum absolute atomic E-state index is 0.254. The molecule has 0 fully saturated rings. The predicted octanol–water partition coefficient (Wildman–Crippen LogP) is 3.45. The minimum Gasteiger partial charge on any atom is -0.380 e. The first-order valence-electron chi connectivity index (χ1n) is 7.52. The van der Waals surface area contributed by atoms with Crippen molar-refractivity contribution in [3.8, 4) is 11.1 Å². The topological polar surface area (TPSA) is 74.9 Å². The van der Waals surface area contributed by atoms with Crippen LogP contribution in [0.3, 0.4) is 0 Å². The molecule has 124 valence electrons. The fraction of sp³-hybridized carbons (Fsp3) is 0.167. The number of rotatable bonds is 5. The van der Waals surface area contributed by atoms with Crippen molar-refractivity contribution in [1.29, 1.82) is 0 Å². The van der Waals surface area contributed by atoms with Crippen LogP contribution in [0.4, 0.5) is 4.39 Å². The maximum atomic E-state index is 14.6. The summed E-state index contributed by atoms with van der Waals surface area (Å²) in [6, 6.07) is 11.5. The summed E-state index contributed by atoms with van der Waals surface area (Å²) < 4.78 is 14.6. The van der Waals surface area contributed by atoms with Crippen LogP contribution in [0.5, 0.6) is 0 Å². The summed E-state index contributed by atoms with van der Waals surface area (Å²) in [7, 11) is 0. The second-order valence-electron chi connectivity index (χ2n) is 5.59. The first-order chi connectivity index (χ1) is 11.5. The van der Waals surface area contributed by atoms with Crippen molar-refractivity contribution in [3.05, 3.63) is 76.8 Å². The van der Waals surface area contributed by atoms with Gasteiger partial charge >= 0.3 is 0 Å². The van der Waals surface area contributed by atoms with Gasteiger partial charge in [-0.25, -0.2) is 4.39 Å². The second kappa shape index (κ2) is 6.73. The van der Waals surface area contributed by atoms with Crippen LogP contribution < -0.4 is 5.73 Å². The van der Waals surface area contributed by atoms with Gasteiger partial charge in [0.2, 0.25) is 0 Å². The van der Waals surface area contributed by atoms with Crippen molar-refractivity contribution in [2.24, 2.45) is 5.73 Å². The number of hydrogen-bond donors (Lipinski definition) is 3. The maximum absolute atomic E-state index is 14.6. The van der Waals surface area contributed by atoms with Crippen LogP contribution in [0.15, 0.2) is 54.9 Å². The van der Waals surface area contributed by atoms with Gasteiger partial charge in [-0.05, 0) is 42.3 Å². The number of aromatic nitrogens is 2. The number of H-pyrrole nitrogens is 1. The van der Waals surface area contributed by atoms with Crippen molar-refractivity contribution in [2.45, 2.75) is 12.0 Å². The Morgan fingerprint density at radius 2 is 1.88 bits per heavy atom. The number of hydrogen-bond acceptors (Lipinski definition) is 3. The number of halogens is 2. The fourth-order valence-electron chi connectivity index (χ4n) is 2.79. The number of aromatic amines is 1. The first kappa shape index (κ1) is 16.6. The number of nitrogens with one attached hydrogen (secondary N) is 1. The minimum atomic E-state index is -1.38. The van der Waals surface area contributed by atoms with Gasteiger partial charge in [-0.3, -0.25) is 5.10 Å². The van der Waals surface area contributed by atoms with Gasteiger partial charge in [-0.2, -0.15) is 5.10 Å². The number of aliphatic hydroxyl groups is 1. The highest BCUT2D eigenvalue weighted by Gasteiger charge is 2.31. The Bertz CT molecular complexity index is 821. The van der Waals surface area contributed by atoms with E-state index in [1.807, 2.05) is 0 Å². The van der Waals surface area contributed by atoms with E-state index in [0.29, 0.717) is 27.3 Å². The molecule has 1 aromatic heterocycles.